The van der Waals surface area contributed by atoms with Gasteiger partial charge >= 0.3 is 0 Å². The monoisotopic (exact) mass is 375 g/mol. The summed E-state index contributed by atoms with van der Waals surface area (Å²) in [6.07, 6.45) is 0. The van der Waals surface area contributed by atoms with Gasteiger partial charge in [0.1, 0.15) is 0 Å². The highest BCUT2D eigenvalue weighted by Crippen LogP contribution is 2.33. The second kappa shape index (κ2) is 6.86. The molecule has 0 aliphatic rings. The molecule has 0 aliphatic heterocycles. The Morgan fingerprint density at radius 1 is 1.12 bits per heavy atom. The molecule has 5 nitrogen and oxygen atoms in total. The third-order valence-electron chi connectivity index (χ3n) is 4.11. The molecular weight excluding hydrogens is 361 g/mol. The van der Waals surface area contributed by atoms with Crippen molar-refractivity contribution in [1.82, 2.24) is 15.2 Å². The minimum Gasteiger partial charge on any atom is -0.354 e. The van der Waals surface area contributed by atoms with Gasteiger partial charge in [-0.2, -0.15) is 5.10 Å². The lowest BCUT2D eigenvalue weighted by molar-refractivity contribution is 0.103. The van der Waals surface area contributed by atoms with E-state index in [9.17, 15) is 9.59 Å². The lowest BCUT2D eigenvalue weighted by atomic mass is 10.0. The number of rotatable bonds is 4. The average Bonchev–Trinajstić information content (AvgIpc) is 2.90. The molecule has 0 saturated carbocycles. The van der Waals surface area contributed by atoms with Crippen molar-refractivity contribution in [1.29, 1.82) is 0 Å². The third kappa shape index (κ3) is 3.38. The van der Waals surface area contributed by atoms with Crippen molar-refractivity contribution in [2.45, 2.75) is 19.8 Å². The van der Waals surface area contributed by atoms with Gasteiger partial charge in [-0.25, -0.2) is 5.10 Å². The number of nitrogens with one attached hydrogen (secondary N) is 2. The number of hydrogen-bond acceptors (Lipinski definition) is 3. The largest absolute Gasteiger partial charge is 0.354 e. The molecule has 0 bridgehead atoms. The Balaban J connectivity index is 1.99. The smallest absolute Gasteiger partial charge is 0.264 e. The Bertz CT molecular complexity index is 970. The number of H-pyrrole nitrogens is 2. The molecule has 0 spiro atoms. The molecule has 0 saturated heterocycles. The first-order valence-electron chi connectivity index (χ1n) is 7.62. The number of aromatic nitrogens is 3. The van der Waals surface area contributed by atoms with Crippen LogP contribution in [-0.4, -0.2) is 21.0 Å². The van der Waals surface area contributed by atoms with E-state index in [0.29, 0.717) is 38.3 Å². The fourth-order valence-corrected chi connectivity index (χ4v) is 3.04. The van der Waals surface area contributed by atoms with E-state index in [1.54, 1.807) is 37.3 Å². The zero-order chi connectivity index (χ0) is 18.1. The fourth-order valence-electron chi connectivity index (χ4n) is 2.61. The first-order chi connectivity index (χ1) is 11.9. The van der Waals surface area contributed by atoms with E-state index >= 15 is 0 Å². The predicted molar refractivity (Wildman–Crippen MR) is 97.8 cm³/mol. The van der Waals surface area contributed by atoms with E-state index in [1.807, 2.05) is 6.92 Å². The molecule has 1 aromatic carbocycles. The Morgan fingerprint density at radius 2 is 1.80 bits per heavy atom. The summed E-state index contributed by atoms with van der Waals surface area (Å²) < 4.78 is 0. The van der Waals surface area contributed by atoms with Gasteiger partial charge in [0.15, 0.2) is 0 Å². The summed E-state index contributed by atoms with van der Waals surface area (Å²) in [6, 6.07) is 9.72. The van der Waals surface area contributed by atoms with E-state index in [4.69, 9.17) is 23.2 Å². The van der Waals surface area contributed by atoms with Crippen LogP contribution in [0.2, 0.25) is 10.0 Å². The summed E-state index contributed by atoms with van der Waals surface area (Å²) in [5.41, 5.74) is 2.67. The van der Waals surface area contributed by atoms with Gasteiger partial charge in [0.2, 0.25) is 5.78 Å². The maximum atomic E-state index is 12.8. The van der Waals surface area contributed by atoms with Crippen LogP contribution >= 0.6 is 23.2 Å². The third-order valence-corrected chi connectivity index (χ3v) is 4.85. The summed E-state index contributed by atoms with van der Waals surface area (Å²) in [6.45, 7) is 3.69. The zero-order valence-corrected chi connectivity index (χ0v) is 15.1. The van der Waals surface area contributed by atoms with Gasteiger partial charge in [-0.05, 0) is 42.8 Å². The number of halogens is 2. The van der Waals surface area contributed by atoms with Crippen LogP contribution in [-0.2, 0) is 0 Å². The molecule has 7 heteroatoms. The van der Waals surface area contributed by atoms with Gasteiger partial charge in [0.05, 0.1) is 16.4 Å². The standard InChI is InChI=1S/C18H15Cl2N3O2/c1-9(13-7-8-14(24)23-22-13)16-15(20)10(2)17(21-16)18(25)11-3-5-12(19)6-4-11/h3-9,21H,1-2H3,(H,23,24). The summed E-state index contributed by atoms with van der Waals surface area (Å²) in [7, 11) is 0. The number of nitrogens with zero attached hydrogens (tertiary/aromatic N) is 1. The molecule has 25 heavy (non-hydrogen) atoms. The van der Waals surface area contributed by atoms with Crippen molar-refractivity contribution in [3.8, 4) is 0 Å². The van der Waals surface area contributed by atoms with Gasteiger partial charge in [-0.3, -0.25) is 9.59 Å². The SMILES string of the molecule is Cc1c(C(=O)c2ccc(Cl)cc2)[nH]c(C(C)c2ccc(=O)[nH]n2)c1Cl. The van der Waals surface area contributed by atoms with Gasteiger partial charge in [-0.15, -0.1) is 0 Å². The molecule has 3 aromatic rings. The second-order valence-corrected chi connectivity index (χ2v) is 6.57. The van der Waals surface area contributed by atoms with E-state index in [2.05, 4.69) is 15.2 Å². The molecule has 2 heterocycles. The number of carbonyl (C=O) groups excluding carboxylic acids is 1. The Hall–Kier alpha value is -2.37. The molecular formula is C18H15Cl2N3O2. The van der Waals surface area contributed by atoms with E-state index in [0.717, 1.165) is 0 Å². The molecule has 1 atom stereocenters. The maximum absolute atomic E-state index is 12.8. The number of benzene rings is 1. The average molecular weight is 376 g/mol. The molecule has 0 amide bonds. The Morgan fingerprint density at radius 3 is 2.40 bits per heavy atom. The number of ketones is 1. The molecule has 0 radical (unpaired) electrons. The summed E-state index contributed by atoms with van der Waals surface area (Å²) in [5, 5.41) is 7.49. The molecule has 0 fully saturated rings. The highest BCUT2D eigenvalue weighted by molar-refractivity contribution is 6.33. The molecule has 0 aliphatic carbocycles. The topological polar surface area (TPSA) is 78.6 Å². The lowest BCUT2D eigenvalue weighted by Gasteiger charge is -2.09. The molecule has 1 unspecified atom stereocenters. The lowest BCUT2D eigenvalue weighted by Crippen LogP contribution is -2.10. The van der Waals surface area contributed by atoms with Gasteiger partial charge < -0.3 is 4.98 Å². The van der Waals surface area contributed by atoms with Crippen LogP contribution < -0.4 is 5.56 Å². The maximum Gasteiger partial charge on any atom is 0.264 e. The van der Waals surface area contributed by atoms with Gasteiger partial charge in [-0.1, -0.05) is 30.1 Å². The Labute approximate surface area is 154 Å². The van der Waals surface area contributed by atoms with Crippen LogP contribution in [0.3, 0.4) is 0 Å². The van der Waals surface area contributed by atoms with Crippen LogP contribution in [0, 0.1) is 6.92 Å². The highest BCUT2D eigenvalue weighted by atomic mass is 35.5. The minimum absolute atomic E-state index is 0.163. The van der Waals surface area contributed by atoms with Crippen molar-refractivity contribution < 1.29 is 4.79 Å². The van der Waals surface area contributed by atoms with Crippen molar-refractivity contribution in [3.63, 3.8) is 0 Å². The first kappa shape index (κ1) is 17.5. The molecule has 2 aromatic heterocycles. The van der Waals surface area contributed by atoms with Crippen LogP contribution in [0.25, 0.3) is 0 Å². The summed E-state index contributed by atoms with van der Waals surface area (Å²) in [4.78, 5) is 27.1. The van der Waals surface area contributed by atoms with Crippen LogP contribution in [0.5, 0.6) is 0 Å². The van der Waals surface area contributed by atoms with Gasteiger partial charge in [0.25, 0.3) is 5.56 Å². The van der Waals surface area contributed by atoms with Crippen molar-refractivity contribution in [2.24, 2.45) is 0 Å². The zero-order valence-electron chi connectivity index (χ0n) is 13.6. The van der Waals surface area contributed by atoms with Crippen LogP contribution in [0.4, 0.5) is 0 Å². The van der Waals surface area contributed by atoms with Crippen LogP contribution in [0.15, 0.2) is 41.2 Å². The molecule has 2 N–H and O–H groups in total. The summed E-state index contributed by atoms with van der Waals surface area (Å²) in [5.74, 6) is -0.376. The van der Waals surface area contributed by atoms with Gasteiger partial charge in [0, 0.05) is 28.3 Å². The quantitative estimate of drug-likeness (QED) is 0.673. The Kier molecular flexibility index (Phi) is 4.79. The van der Waals surface area contributed by atoms with E-state index < -0.39 is 0 Å². The fraction of sp³-hybridized carbons (Fsp3) is 0.167. The summed E-state index contributed by atoms with van der Waals surface area (Å²) >= 11 is 12.3. The van der Waals surface area contributed by atoms with Crippen molar-refractivity contribution in [3.05, 3.63) is 85.0 Å². The predicted octanol–water partition coefficient (Wildman–Crippen LogP) is 4.10. The van der Waals surface area contributed by atoms with E-state index in [1.165, 1.54) is 6.07 Å². The molecule has 128 valence electrons. The second-order valence-electron chi connectivity index (χ2n) is 5.76. The number of carbonyl (C=O) groups is 1. The van der Waals surface area contributed by atoms with Crippen molar-refractivity contribution in [2.75, 3.05) is 0 Å². The van der Waals surface area contributed by atoms with Crippen molar-refractivity contribution >= 4 is 29.0 Å². The first-order valence-corrected chi connectivity index (χ1v) is 8.38. The minimum atomic E-state index is -0.275. The normalized spacial score (nSPS) is 12.2. The van der Waals surface area contributed by atoms with Crippen LogP contribution in [0.1, 0.15) is 45.8 Å². The van der Waals surface area contributed by atoms with E-state index in [-0.39, 0.29) is 17.3 Å². The highest BCUT2D eigenvalue weighted by Gasteiger charge is 2.23. The molecule has 3 rings (SSSR count). The number of hydrogen-bond donors (Lipinski definition) is 2. The number of aromatic amines is 2.